The van der Waals surface area contributed by atoms with Gasteiger partial charge in [-0.1, -0.05) is 12.5 Å². The number of aromatic nitrogens is 2. The van der Waals surface area contributed by atoms with E-state index in [2.05, 4.69) is 35.9 Å². The molecule has 0 atom stereocenters. The zero-order valence-corrected chi connectivity index (χ0v) is 11.6. The molecule has 2 aliphatic rings. The molecule has 4 nitrogen and oxygen atoms in total. The second-order valence-electron chi connectivity index (χ2n) is 6.05. The Morgan fingerprint density at radius 1 is 1.40 bits per heavy atom. The van der Waals surface area contributed by atoms with E-state index < -0.39 is 5.41 Å². The second-order valence-corrected chi connectivity index (χ2v) is 6.05. The van der Waals surface area contributed by atoms with Crippen molar-refractivity contribution >= 4 is 11.0 Å². The quantitative estimate of drug-likeness (QED) is 0.840. The van der Waals surface area contributed by atoms with Crippen LogP contribution in [0.1, 0.15) is 36.6 Å². The van der Waals surface area contributed by atoms with E-state index in [1.54, 1.807) is 0 Å². The smallest absolute Gasteiger partial charge is 0.129 e. The second kappa shape index (κ2) is 4.07. The number of benzene rings is 1. The summed E-state index contributed by atoms with van der Waals surface area (Å²) in [5.74, 6) is 1.81. The average Bonchev–Trinajstić information content (AvgIpc) is 2.64. The van der Waals surface area contributed by atoms with Crippen LogP contribution >= 0.6 is 0 Å². The number of hydrogen-bond donors (Lipinski definition) is 0. The Morgan fingerprint density at radius 3 is 2.75 bits per heavy atom. The SMILES string of the molecule is Cn1c(C2CCC2)nc2cc(C3(C#N)COC3)ccc21. The highest BCUT2D eigenvalue weighted by molar-refractivity contribution is 5.77. The van der Waals surface area contributed by atoms with Gasteiger partial charge in [-0.2, -0.15) is 5.26 Å². The first-order valence-corrected chi connectivity index (χ1v) is 7.19. The Hall–Kier alpha value is -1.86. The van der Waals surface area contributed by atoms with Crippen molar-refractivity contribution in [3.8, 4) is 6.07 Å². The van der Waals surface area contributed by atoms with Crippen LogP contribution in [0.25, 0.3) is 11.0 Å². The van der Waals surface area contributed by atoms with Crippen LogP contribution in [-0.4, -0.2) is 22.8 Å². The van der Waals surface area contributed by atoms with Crippen LogP contribution in [0, 0.1) is 11.3 Å². The highest BCUT2D eigenvalue weighted by atomic mass is 16.5. The molecule has 1 aliphatic carbocycles. The predicted molar refractivity (Wildman–Crippen MR) is 75.4 cm³/mol. The van der Waals surface area contributed by atoms with Crippen LogP contribution in [0.15, 0.2) is 18.2 Å². The molecule has 0 unspecified atom stereocenters. The van der Waals surface area contributed by atoms with E-state index in [4.69, 9.17) is 9.72 Å². The average molecular weight is 267 g/mol. The Bertz CT molecular complexity index is 717. The summed E-state index contributed by atoms with van der Waals surface area (Å²) in [6, 6.07) is 8.63. The third kappa shape index (κ3) is 1.47. The van der Waals surface area contributed by atoms with Gasteiger partial charge in [-0.15, -0.1) is 0 Å². The molecule has 4 heteroatoms. The first-order chi connectivity index (χ1) is 9.73. The monoisotopic (exact) mass is 267 g/mol. The summed E-state index contributed by atoms with van der Waals surface area (Å²) >= 11 is 0. The molecule has 1 saturated heterocycles. The lowest BCUT2D eigenvalue weighted by atomic mass is 9.80. The van der Waals surface area contributed by atoms with Crippen molar-refractivity contribution in [2.45, 2.75) is 30.6 Å². The molecule has 0 spiro atoms. The van der Waals surface area contributed by atoms with Crippen LogP contribution in [0.3, 0.4) is 0 Å². The largest absolute Gasteiger partial charge is 0.377 e. The zero-order valence-electron chi connectivity index (χ0n) is 11.6. The molecular formula is C16H17N3O. The van der Waals surface area contributed by atoms with E-state index >= 15 is 0 Å². The summed E-state index contributed by atoms with van der Waals surface area (Å²) in [7, 11) is 2.09. The maximum Gasteiger partial charge on any atom is 0.129 e. The van der Waals surface area contributed by atoms with Crippen molar-refractivity contribution in [2.24, 2.45) is 7.05 Å². The van der Waals surface area contributed by atoms with Gasteiger partial charge in [0.1, 0.15) is 11.2 Å². The highest BCUT2D eigenvalue weighted by Gasteiger charge is 2.41. The van der Waals surface area contributed by atoms with Crippen molar-refractivity contribution in [3.63, 3.8) is 0 Å². The minimum atomic E-state index is -0.456. The van der Waals surface area contributed by atoms with E-state index in [-0.39, 0.29) is 0 Å². The van der Waals surface area contributed by atoms with Gasteiger partial charge in [0.25, 0.3) is 0 Å². The summed E-state index contributed by atoms with van der Waals surface area (Å²) in [6.45, 7) is 0.995. The van der Waals surface area contributed by atoms with Gasteiger partial charge in [-0.25, -0.2) is 4.98 Å². The summed E-state index contributed by atoms with van der Waals surface area (Å²) in [5, 5.41) is 9.40. The first kappa shape index (κ1) is 11.9. The lowest BCUT2D eigenvalue weighted by Gasteiger charge is -2.35. The molecule has 1 aliphatic heterocycles. The van der Waals surface area contributed by atoms with Gasteiger partial charge in [-0.3, -0.25) is 0 Å². The van der Waals surface area contributed by atoms with Gasteiger partial charge in [0.15, 0.2) is 0 Å². The van der Waals surface area contributed by atoms with Crippen molar-refractivity contribution in [3.05, 3.63) is 29.6 Å². The molecular weight excluding hydrogens is 250 g/mol. The molecule has 0 N–H and O–H groups in total. The number of ether oxygens (including phenoxy) is 1. The molecule has 0 amide bonds. The maximum absolute atomic E-state index is 9.40. The molecule has 4 rings (SSSR count). The number of imidazole rings is 1. The van der Waals surface area contributed by atoms with Crippen molar-refractivity contribution in [1.29, 1.82) is 5.26 Å². The molecule has 1 saturated carbocycles. The van der Waals surface area contributed by atoms with Crippen molar-refractivity contribution in [2.75, 3.05) is 13.2 Å². The van der Waals surface area contributed by atoms with E-state index in [1.807, 2.05) is 0 Å². The number of fused-ring (bicyclic) bond motifs is 1. The fourth-order valence-electron chi connectivity index (χ4n) is 3.15. The van der Waals surface area contributed by atoms with Gasteiger partial charge in [0, 0.05) is 13.0 Å². The molecule has 0 radical (unpaired) electrons. The number of nitriles is 1. The van der Waals surface area contributed by atoms with Crippen LogP contribution in [0.2, 0.25) is 0 Å². The molecule has 2 heterocycles. The minimum absolute atomic E-state index is 0.456. The lowest BCUT2D eigenvalue weighted by Crippen LogP contribution is -2.45. The summed E-state index contributed by atoms with van der Waals surface area (Å²) in [4.78, 5) is 4.81. The molecule has 20 heavy (non-hydrogen) atoms. The molecule has 1 aromatic carbocycles. The van der Waals surface area contributed by atoms with E-state index in [9.17, 15) is 5.26 Å². The van der Waals surface area contributed by atoms with Crippen LogP contribution < -0.4 is 0 Å². The Labute approximate surface area is 118 Å². The van der Waals surface area contributed by atoms with Crippen LogP contribution in [0.4, 0.5) is 0 Å². The van der Waals surface area contributed by atoms with Gasteiger partial charge >= 0.3 is 0 Å². The minimum Gasteiger partial charge on any atom is -0.377 e. The summed E-state index contributed by atoms with van der Waals surface area (Å²) in [6.07, 6.45) is 3.81. The Balaban J connectivity index is 1.82. The maximum atomic E-state index is 9.40. The van der Waals surface area contributed by atoms with Crippen molar-refractivity contribution in [1.82, 2.24) is 9.55 Å². The lowest BCUT2D eigenvalue weighted by molar-refractivity contribution is -0.0297. The normalized spacial score (nSPS) is 21.2. The Kier molecular flexibility index (Phi) is 2.42. The highest BCUT2D eigenvalue weighted by Crippen LogP contribution is 2.38. The number of hydrogen-bond acceptors (Lipinski definition) is 3. The third-order valence-electron chi connectivity index (χ3n) is 4.85. The molecule has 2 fully saturated rings. The summed E-state index contributed by atoms with van der Waals surface area (Å²) < 4.78 is 7.45. The third-order valence-corrected chi connectivity index (χ3v) is 4.85. The standard InChI is InChI=1S/C16H17N3O/c1-19-14-6-5-12(16(8-17)9-20-10-16)7-13(14)18-15(19)11-3-2-4-11/h5-7,11H,2-4,9-10H2,1H3. The molecule has 102 valence electrons. The fourth-order valence-corrected chi connectivity index (χ4v) is 3.15. The Morgan fingerprint density at radius 2 is 2.20 bits per heavy atom. The van der Waals surface area contributed by atoms with Crippen molar-refractivity contribution < 1.29 is 4.74 Å². The molecule has 2 aromatic rings. The predicted octanol–water partition coefficient (Wildman–Crippen LogP) is 2.63. The number of aryl methyl sites for hydroxylation is 1. The van der Waals surface area contributed by atoms with E-state index in [1.165, 1.54) is 25.1 Å². The zero-order chi connectivity index (χ0) is 13.7. The summed E-state index contributed by atoms with van der Waals surface area (Å²) in [5.41, 5.74) is 2.75. The first-order valence-electron chi connectivity index (χ1n) is 7.19. The number of rotatable bonds is 2. The van der Waals surface area contributed by atoms with E-state index in [0.717, 1.165) is 16.6 Å². The fraction of sp³-hybridized carbons (Fsp3) is 0.500. The van der Waals surface area contributed by atoms with Crippen LogP contribution in [-0.2, 0) is 17.2 Å². The van der Waals surface area contributed by atoms with Gasteiger partial charge in [0.2, 0.25) is 0 Å². The van der Waals surface area contributed by atoms with Gasteiger partial charge in [0.05, 0.1) is 30.3 Å². The van der Waals surface area contributed by atoms with Gasteiger partial charge < -0.3 is 9.30 Å². The van der Waals surface area contributed by atoms with Gasteiger partial charge in [-0.05, 0) is 30.5 Å². The molecule has 1 aromatic heterocycles. The van der Waals surface area contributed by atoms with Crippen LogP contribution in [0.5, 0.6) is 0 Å². The van der Waals surface area contributed by atoms with E-state index in [0.29, 0.717) is 19.1 Å². The topological polar surface area (TPSA) is 50.8 Å². The molecule has 0 bridgehead atoms. The number of nitrogens with zero attached hydrogens (tertiary/aromatic N) is 3.